The van der Waals surface area contributed by atoms with Crippen molar-refractivity contribution < 1.29 is 14.7 Å². The molecule has 6 heteroatoms. The number of aromatic carboxylic acids is 1. The van der Waals surface area contributed by atoms with Gasteiger partial charge in [-0.05, 0) is 23.6 Å². The highest BCUT2D eigenvalue weighted by atomic mass is 35.5. The summed E-state index contributed by atoms with van der Waals surface area (Å²) >= 11 is 7.29. The molecule has 0 aliphatic rings. The highest BCUT2D eigenvalue weighted by Gasteiger charge is 2.16. The Kier molecular flexibility index (Phi) is 4.19. The molecule has 1 heterocycles. The highest BCUT2D eigenvalue weighted by Crippen LogP contribution is 2.24. The van der Waals surface area contributed by atoms with Crippen LogP contribution in [-0.4, -0.2) is 17.0 Å². The Bertz CT molecular complexity index is 610. The number of benzene rings is 1. The van der Waals surface area contributed by atoms with E-state index in [-0.39, 0.29) is 28.6 Å². The van der Waals surface area contributed by atoms with Crippen molar-refractivity contribution in [2.75, 3.05) is 5.32 Å². The van der Waals surface area contributed by atoms with E-state index in [0.717, 1.165) is 4.88 Å². The summed E-state index contributed by atoms with van der Waals surface area (Å²) < 4.78 is 0. The molecule has 1 aromatic carbocycles. The van der Waals surface area contributed by atoms with Gasteiger partial charge in [-0.15, -0.1) is 11.3 Å². The zero-order valence-corrected chi connectivity index (χ0v) is 11.3. The summed E-state index contributed by atoms with van der Waals surface area (Å²) in [4.78, 5) is 23.8. The van der Waals surface area contributed by atoms with Gasteiger partial charge in [-0.25, -0.2) is 4.79 Å². The van der Waals surface area contributed by atoms with Crippen LogP contribution in [0.5, 0.6) is 0 Å². The molecule has 0 atom stereocenters. The molecule has 2 rings (SSSR count). The Hall–Kier alpha value is -1.85. The zero-order valence-electron chi connectivity index (χ0n) is 9.72. The maximum absolute atomic E-state index is 11.8. The van der Waals surface area contributed by atoms with Crippen LogP contribution >= 0.6 is 22.9 Å². The van der Waals surface area contributed by atoms with Gasteiger partial charge in [-0.2, -0.15) is 0 Å². The number of halogens is 1. The number of hydrogen-bond donors (Lipinski definition) is 2. The summed E-state index contributed by atoms with van der Waals surface area (Å²) in [5.74, 6) is -1.44. The third kappa shape index (κ3) is 3.33. The number of amides is 1. The van der Waals surface area contributed by atoms with E-state index in [9.17, 15) is 9.59 Å². The van der Waals surface area contributed by atoms with E-state index >= 15 is 0 Å². The first-order chi connectivity index (χ1) is 9.08. The summed E-state index contributed by atoms with van der Waals surface area (Å²) in [6, 6.07) is 8.28. The van der Waals surface area contributed by atoms with E-state index in [4.69, 9.17) is 16.7 Å². The molecule has 0 aliphatic carbocycles. The van der Waals surface area contributed by atoms with Crippen LogP contribution in [0.4, 0.5) is 5.69 Å². The van der Waals surface area contributed by atoms with Gasteiger partial charge < -0.3 is 10.4 Å². The second-order valence-corrected chi connectivity index (χ2v) is 5.21. The fraction of sp³-hybridized carbons (Fsp3) is 0.0769. The monoisotopic (exact) mass is 295 g/mol. The molecular weight excluding hydrogens is 286 g/mol. The number of carboxylic acid groups (broad SMARTS) is 1. The van der Waals surface area contributed by atoms with Crippen LogP contribution in [0, 0.1) is 0 Å². The van der Waals surface area contributed by atoms with Crippen molar-refractivity contribution in [2.45, 2.75) is 6.42 Å². The van der Waals surface area contributed by atoms with Gasteiger partial charge in [0.2, 0.25) is 5.91 Å². The molecule has 0 aliphatic heterocycles. The Morgan fingerprint density at radius 1 is 1.26 bits per heavy atom. The molecule has 1 aromatic heterocycles. The van der Waals surface area contributed by atoms with Crippen molar-refractivity contribution in [1.82, 2.24) is 0 Å². The van der Waals surface area contributed by atoms with Crippen molar-refractivity contribution >= 4 is 40.5 Å². The van der Waals surface area contributed by atoms with E-state index in [2.05, 4.69) is 5.32 Å². The lowest BCUT2D eigenvalue weighted by atomic mass is 10.1. The minimum absolute atomic E-state index is 0.0938. The van der Waals surface area contributed by atoms with Gasteiger partial charge in [0, 0.05) is 4.88 Å². The molecule has 0 fully saturated rings. The fourth-order valence-electron chi connectivity index (χ4n) is 1.61. The predicted octanol–water partition coefficient (Wildman–Crippen LogP) is 3.28. The molecule has 98 valence electrons. The van der Waals surface area contributed by atoms with Crippen molar-refractivity contribution in [2.24, 2.45) is 0 Å². The molecule has 2 N–H and O–H groups in total. The van der Waals surface area contributed by atoms with Gasteiger partial charge in [-0.3, -0.25) is 4.79 Å². The van der Waals surface area contributed by atoms with Gasteiger partial charge in [0.15, 0.2) is 0 Å². The molecule has 2 aromatic rings. The van der Waals surface area contributed by atoms with E-state index in [0.29, 0.717) is 0 Å². The quantitative estimate of drug-likeness (QED) is 0.909. The number of anilines is 1. The van der Waals surface area contributed by atoms with Crippen molar-refractivity contribution in [3.63, 3.8) is 0 Å². The van der Waals surface area contributed by atoms with Crippen molar-refractivity contribution in [3.8, 4) is 0 Å². The summed E-state index contributed by atoms with van der Waals surface area (Å²) in [5.41, 5.74) is 0.116. The smallest absolute Gasteiger partial charge is 0.339 e. The Labute approximate surface area is 118 Å². The number of carbonyl (C=O) groups is 2. The number of carbonyl (C=O) groups excluding carboxylic acids is 1. The number of carboxylic acids is 1. The maximum Gasteiger partial charge on any atom is 0.339 e. The number of rotatable bonds is 4. The highest BCUT2D eigenvalue weighted by molar-refractivity contribution is 7.10. The van der Waals surface area contributed by atoms with E-state index in [1.165, 1.54) is 23.5 Å². The van der Waals surface area contributed by atoms with Crippen LogP contribution in [0.3, 0.4) is 0 Å². The number of thiophene rings is 1. The molecule has 4 nitrogen and oxygen atoms in total. The lowest BCUT2D eigenvalue weighted by molar-refractivity contribution is -0.115. The first-order valence-electron chi connectivity index (χ1n) is 5.42. The molecule has 0 unspecified atom stereocenters. The molecule has 0 spiro atoms. The molecule has 0 saturated carbocycles. The molecule has 0 saturated heterocycles. The van der Waals surface area contributed by atoms with Crippen molar-refractivity contribution in [3.05, 3.63) is 51.2 Å². The molecule has 0 bridgehead atoms. The number of hydrogen-bond acceptors (Lipinski definition) is 3. The molecule has 1 amide bonds. The van der Waals surface area contributed by atoms with Crippen LogP contribution in [0.2, 0.25) is 5.02 Å². The van der Waals surface area contributed by atoms with Crippen LogP contribution in [0.25, 0.3) is 0 Å². The second-order valence-electron chi connectivity index (χ2n) is 3.77. The Balaban J connectivity index is 2.17. The van der Waals surface area contributed by atoms with Crippen LogP contribution in [-0.2, 0) is 11.2 Å². The summed E-state index contributed by atoms with van der Waals surface area (Å²) in [7, 11) is 0. The van der Waals surface area contributed by atoms with Crippen LogP contribution in [0.15, 0.2) is 35.7 Å². The fourth-order valence-corrected chi connectivity index (χ4v) is 2.57. The topological polar surface area (TPSA) is 66.4 Å². The van der Waals surface area contributed by atoms with Crippen molar-refractivity contribution in [1.29, 1.82) is 0 Å². The van der Waals surface area contributed by atoms with Gasteiger partial charge in [0.1, 0.15) is 5.56 Å². The minimum Gasteiger partial charge on any atom is -0.478 e. The largest absolute Gasteiger partial charge is 0.478 e. The summed E-state index contributed by atoms with van der Waals surface area (Å²) in [6.07, 6.45) is 0.212. The van der Waals surface area contributed by atoms with Crippen LogP contribution in [0.1, 0.15) is 15.2 Å². The number of nitrogens with one attached hydrogen (secondary N) is 1. The standard InChI is InChI=1S/C13H10ClNO3S/c14-9-4-1-5-10(12(9)13(17)18)15-11(16)7-8-3-2-6-19-8/h1-6H,7H2,(H,15,16)(H,17,18). The third-order valence-corrected chi connectivity index (χ3v) is 3.61. The average Bonchev–Trinajstić information content (AvgIpc) is 2.81. The van der Waals surface area contributed by atoms with Gasteiger partial charge in [0.25, 0.3) is 0 Å². The Morgan fingerprint density at radius 3 is 2.68 bits per heavy atom. The first-order valence-corrected chi connectivity index (χ1v) is 6.67. The molecule has 19 heavy (non-hydrogen) atoms. The van der Waals surface area contributed by atoms with Crippen LogP contribution < -0.4 is 5.32 Å². The van der Waals surface area contributed by atoms with E-state index in [1.54, 1.807) is 6.07 Å². The second kappa shape index (κ2) is 5.86. The third-order valence-electron chi connectivity index (χ3n) is 2.42. The lowest BCUT2D eigenvalue weighted by Gasteiger charge is -2.09. The van der Waals surface area contributed by atoms with Gasteiger partial charge in [-0.1, -0.05) is 23.7 Å². The summed E-state index contributed by atoms with van der Waals surface area (Å²) in [5, 5.41) is 13.6. The average molecular weight is 296 g/mol. The maximum atomic E-state index is 11.8. The minimum atomic E-state index is -1.17. The van der Waals surface area contributed by atoms with Gasteiger partial charge in [0.05, 0.1) is 17.1 Å². The first kappa shape index (κ1) is 13.6. The predicted molar refractivity (Wildman–Crippen MR) is 75.1 cm³/mol. The van der Waals surface area contributed by atoms with Gasteiger partial charge >= 0.3 is 5.97 Å². The lowest BCUT2D eigenvalue weighted by Crippen LogP contribution is -2.16. The SMILES string of the molecule is O=C(Cc1cccs1)Nc1cccc(Cl)c1C(=O)O. The molecule has 0 radical (unpaired) electrons. The Morgan fingerprint density at radius 2 is 2.05 bits per heavy atom. The van der Waals surface area contributed by atoms with E-state index in [1.807, 2.05) is 17.5 Å². The normalized spacial score (nSPS) is 10.2. The summed E-state index contributed by atoms with van der Waals surface area (Å²) in [6.45, 7) is 0. The zero-order chi connectivity index (χ0) is 13.8. The van der Waals surface area contributed by atoms with E-state index < -0.39 is 5.97 Å². The molecular formula is C13H10ClNO3S.